The minimum absolute atomic E-state index is 0.0502. The highest BCUT2D eigenvalue weighted by Crippen LogP contribution is 2.43. The van der Waals surface area contributed by atoms with Crippen molar-refractivity contribution in [3.63, 3.8) is 0 Å². The summed E-state index contributed by atoms with van der Waals surface area (Å²) in [7, 11) is 0. The number of Topliss-reactive ketones (excluding diaryl/α,β-unsaturated/α-hetero) is 1. The number of amides is 3. The van der Waals surface area contributed by atoms with Gasteiger partial charge in [-0.15, -0.1) is 0 Å². The Labute approximate surface area is 276 Å². The third kappa shape index (κ3) is 6.52. The predicted octanol–water partition coefficient (Wildman–Crippen LogP) is 5.74. The van der Waals surface area contributed by atoms with Crippen molar-refractivity contribution in [2.75, 3.05) is 6.54 Å². The molecular formula is C30H22Br3N3O8. The molecule has 0 spiro atoms. The molecule has 1 heterocycles. The number of esters is 1. The van der Waals surface area contributed by atoms with Gasteiger partial charge in [-0.3, -0.25) is 29.3 Å². The number of hydrogen-bond donors (Lipinski definition) is 0. The number of ketones is 1. The number of non-ortho nitro benzene ring substituents is 1. The molecule has 1 aliphatic heterocycles. The molecule has 0 aromatic heterocycles. The van der Waals surface area contributed by atoms with Gasteiger partial charge in [-0.25, -0.2) is 9.80 Å². The number of halogens is 3. The molecule has 4 atom stereocenters. The molecule has 0 N–H and O–H groups in total. The number of nitrogens with zero attached hydrogens (tertiary/aromatic N) is 3. The van der Waals surface area contributed by atoms with Crippen LogP contribution in [0.15, 0.2) is 77.3 Å². The van der Waals surface area contributed by atoms with Crippen LogP contribution in [0.25, 0.3) is 0 Å². The molecule has 14 heteroatoms. The average molecular weight is 792 g/mol. The summed E-state index contributed by atoms with van der Waals surface area (Å²) in [6.45, 7) is -0.666. The number of imide groups is 1. The Morgan fingerprint density at radius 1 is 0.818 bits per heavy atom. The van der Waals surface area contributed by atoms with E-state index in [-0.39, 0.29) is 32.2 Å². The second-order valence-corrected chi connectivity index (χ2v) is 13.5. The Morgan fingerprint density at radius 3 is 1.84 bits per heavy atom. The van der Waals surface area contributed by atoms with Crippen LogP contribution in [-0.2, 0) is 9.59 Å². The second kappa shape index (κ2) is 13.1. The number of nitro benzene ring substituents is 1. The van der Waals surface area contributed by atoms with Crippen LogP contribution in [0.2, 0.25) is 0 Å². The number of carbonyl (C=O) groups excluding carboxylic acids is 5. The molecule has 0 unspecified atom stereocenters. The van der Waals surface area contributed by atoms with Crippen LogP contribution in [-0.4, -0.2) is 60.6 Å². The summed E-state index contributed by atoms with van der Waals surface area (Å²) in [4.78, 5) is 77.1. The lowest BCUT2D eigenvalue weighted by Gasteiger charge is -2.30. The lowest BCUT2D eigenvalue weighted by molar-refractivity contribution is -0.384. The number of hydrogen-bond acceptors (Lipinski definition) is 8. The van der Waals surface area contributed by atoms with Gasteiger partial charge in [0, 0.05) is 37.4 Å². The van der Waals surface area contributed by atoms with Crippen molar-refractivity contribution >= 4 is 83.0 Å². The smallest absolute Gasteiger partial charge is 0.343 e. The van der Waals surface area contributed by atoms with Crippen molar-refractivity contribution < 1.29 is 33.6 Å². The molecule has 11 nitrogen and oxygen atoms in total. The highest BCUT2D eigenvalue weighted by Gasteiger charge is 2.54. The van der Waals surface area contributed by atoms with Gasteiger partial charge >= 0.3 is 5.97 Å². The largest absolute Gasteiger partial charge is 0.423 e. The maximum absolute atomic E-state index is 13.7. The van der Waals surface area contributed by atoms with Gasteiger partial charge in [-0.05, 0) is 73.5 Å². The van der Waals surface area contributed by atoms with Gasteiger partial charge in [0.2, 0.25) is 0 Å². The summed E-state index contributed by atoms with van der Waals surface area (Å²) in [5, 5.41) is 12.7. The highest BCUT2D eigenvalue weighted by atomic mass is 79.9. The molecule has 3 aromatic rings. The molecule has 1 saturated heterocycles. The second-order valence-electron chi connectivity index (χ2n) is 10.2. The Morgan fingerprint density at radius 2 is 1.32 bits per heavy atom. The minimum atomic E-state index is -0.848. The number of nitro groups is 1. The minimum Gasteiger partial charge on any atom is -0.423 e. The first-order valence-electron chi connectivity index (χ1n) is 13.3. The van der Waals surface area contributed by atoms with Crippen LogP contribution in [0, 0.1) is 22.0 Å². The SMILES string of the molecule is O=C(CN(C(=O)c1ccc([N+](=O)[O-])cc1)N1C(=O)[C@H]2C[C@@H](Br)[C@@H](Br)C[C@H]2C1=O)c1ccc(OC(=O)c2ccc(Br)cc2)cc1. The summed E-state index contributed by atoms with van der Waals surface area (Å²) in [6.07, 6.45) is 0.713. The van der Waals surface area contributed by atoms with E-state index >= 15 is 0 Å². The van der Waals surface area contributed by atoms with Crippen molar-refractivity contribution in [3.05, 3.63) is 104 Å². The van der Waals surface area contributed by atoms with E-state index in [2.05, 4.69) is 47.8 Å². The first kappa shape index (κ1) is 31.7. The van der Waals surface area contributed by atoms with Crippen molar-refractivity contribution in [2.24, 2.45) is 11.8 Å². The average Bonchev–Trinajstić information content (AvgIpc) is 3.24. The number of rotatable bonds is 8. The van der Waals surface area contributed by atoms with E-state index in [1.165, 1.54) is 36.4 Å². The standard InChI is InChI=1S/C30H22Br3N3O8/c31-19-7-1-18(2-8-19)30(41)44-21-11-5-16(6-12-21)26(37)15-34(27(38)17-3-9-20(10-4-17)36(42)43)35-28(39)22-13-24(32)25(33)14-23(22)29(35)40/h1-12,22-25H,13-15H2/t22-,23+,24+,25-. The molecule has 1 aliphatic carbocycles. The van der Waals surface area contributed by atoms with Gasteiger partial charge in [0.1, 0.15) is 12.3 Å². The van der Waals surface area contributed by atoms with E-state index in [0.29, 0.717) is 18.4 Å². The van der Waals surface area contributed by atoms with Crippen LogP contribution >= 0.6 is 47.8 Å². The molecule has 2 fully saturated rings. The van der Waals surface area contributed by atoms with Crippen LogP contribution in [0.1, 0.15) is 43.9 Å². The summed E-state index contributed by atoms with van der Waals surface area (Å²) in [5.74, 6) is -4.41. The van der Waals surface area contributed by atoms with Crippen molar-refractivity contribution in [2.45, 2.75) is 22.5 Å². The van der Waals surface area contributed by atoms with E-state index in [1.807, 2.05) is 0 Å². The summed E-state index contributed by atoms with van der Waals surface area (Å²) < 4.78 is 6.18. The Hall–Kier alpha value is -3.75. The molecule has 44 heavy (non-hydrogen) atoms. The highest BCUT2D eigenvalue weighted by molar-refractivity contribution is 9.12. The van der Waals surface area contributed by atoms with Gasteiger partial charge in [0.15, 0.2) is 5.78 Å². The van der Waals surface area contributed by atoms with E-state index in [9.17, 15) is 34.1 Å². The molecule has 0 radical (unpaired) electrons. The van der Waals surface area contributed by atoms with Gasteiger partial charge in [-0.1, -0.05) is 47.8 Å². The van der Waals surface area contributed by atoms with Crippen LogP contribution in [0.5, 0.6) is 5.75 Å². The number of fused-ring (bicyclic) bond motifs is 1. The van der Waals surface area contributed by atoms with Gasteiger partial charge in [0.25, 0.3) is 23.4 Å². The Balaban J connectivity index is 1.39. The molecule has 226 valence electrons. The third-order valence-electron chi connectivity index (χ3n) is 7.45. The monoisotopic (exact) mass is 789 g/mol. The zero-order valence-electron chi connectivity index (χ0n) is 22.6. The summed E-state index contributed by atoms with van der Waals surface area (Å²) in [6, 6.07) is 16.9. The van der Waals surface area contributed by atoms with E-state index in [1.54, 1.807) is 24.3 Å². The lowest BCUT2D eigenvalue weighted by Crippen LogP contribution is -2.52. The van der Waals surface area contributed by atoms with E-state index in [0.717, 1.165) is 26.6 Å². The van der Waals surface area contributed by atoms with Gasteiger partial charge in [-0.2, -0.15) is 5.01 Å². The van der Waals surface area contributed by atoms with Crippen molar-refractivity contribution in [1.82, 2.24) is 10.0 Å². The quantitative estimate of drug-likeness (QED) is 0.0535. The lowest BCUT2D eigenvalue weighted by atomic mass is 9.81. The molecule has 3 aromatic carbocycles. The predicted molar refractivity (Wildman–Crippen MR) is 168 cm³/mol. The van der Waals surface area contributed by atoms with E-state index in [4.69, 9.17) is 4.74 Å². The van der Waals surface area contributed by atoms with Crippen LogP contribution < -0.4 is 4.74 Å². The fourth-order valence-electron chi connectivity index (χ4n) is 5.11. The normalized spacial score (nSPS) is 21.0. The van der Waals surface area contributed by atoms with Crippen LogP contribution in [0.4, 0.5) is 5.69 Å². The first-order chi connectivity index (χ1) is 20.9. The fraction of sp³-hybridized carbons (Fsp3) is 0.233. The van der Waals surface area contributed by atoms with E-state index < -0.39 is 52.8 Å². The molecule has 0 bridgehead atoms. The number of benzene rings is 3. The third-order valence-corrected chi connectivity index (χ3v) is 10.7. The zero-order valence-corrected chi connectivity index (χ0v) is 27.4. The molecule has 2 aliphatic rings. The molecule has 5 rings (SSSR count). The van der Waals surface area contributed by atoms with Crippen LogP contribution in [0.3, 0.4) is 0 Å². The molecule has 1 saturated carbocycles. The number of hydrazine groups is 1. The number of ether oxygens (including phenoxy) is 1. The topological polar surface area (TPSA) is 144 Å². The summed E-state index contributed by atoms with van der Waals surface area (Å²) in [5.41, 5.74) is 0.154. The zero-order chi connectivity index (χ0) is 31.7. The number of carbonyl (C=O) groups is 5. The fourth-order valence-corrected chi connectivity index (χ4v) is 6.61. The maximum atomic E-state index is 13.7. The van der Waals surface area contributed by atoms with Gasteiger partial charge < -0.3 is 4.74 Å². The van der Waals surface area contributed by atoms with Crippen molar-refractivity contribution in [3.8, 4) is 5.75 Å². The summed E-state index contributed by atoms with van der Waals surface area (Å²) >= 11 is 10.4. The Kier molecular flexibility index (Phi) is 9.42. The molecule has 3 amide bonds. The number of alkyl halides is 2. The first-order valence-corrected chi connectivity index (χ1v) is 15.9. The van der Waals surface area contributed by atoms with Gasteiger partial charge in [0.05, 0.1) is 22.3 Å². The maximum Gasteiger partial charge on any atom is 0.343 e. The molecular weight excluding hydrogens is 770 g/mol. The van der Waals surface area contributed by atoms with Crippen molar-refractivity contribution in [1.29, 1.82) is 0 Å². The Bertz CT molecular complexity index is 1620.